The Morgan fingerprint density at radius 2 is 2.04 bits per heavy atom. The molecule has 0 atom stereocenters. The summed E-state index contributed by atoms with van der Waals surface area (Å²) < 4.78 is 5.69. The van der Waals surface area contributed by atoms with Crippen LogP contribution in [0.5, 0.6) is 0 Å². The lowest BCUT2D eigenvalue weighted by atomic mass is 9.93. The SMILES string of the molecule is Cc1c(C(=O)NCCc2nc(C(C)(C)C)cs2)oc2ccccc12. The molecule has 3 rings (SSSR count). The summed E-state index contributed by atoms with van der Waals surface area (Å²) in [7, 11) is 0. The minimum Gasteiger partial charge on any atom is -0.451 e. The molecular weight excluding hydrogens is 320 g/mol. The van der Waals surface area contributed by atoms with Gasteiger partial charge in [0.1, 0.15) is 5.58 Å². The fourth-order valence-corrected chi connectivity index (χ4v) is 3.55. The number of fused-ring (bicyclic) bond motifs is 1. The summed E-state index contributed by atoms with van der Waals surface area (Å²) in [6.07, 6.45) is 0.728. The smallest absolute Gasteiger partial charge is 0.287 e. The van der Waals surface area contributed by atoms with Crippen molar-refractivity contribution in [2.45, 2.75) is 39.5 Å². The second-order valence-corrected chi connectivity index (χ2v) is 7.88. The topological polar surface area (TPSA) is 55.1 Å². The number of hydrogen-bond donors (Lipinski definition) is 1. The Morgan fingerprint density at radius 1 is 1.29 bits per heavy atom. The van der Waals surface area contributed by atoms with E-state index in [0.717, 1.165) is 33.7 Å². The van der Waals surface area contributed by atoms with Crippen molar-refractivity contribution in [1.29, 1.82) is 0 Å². The van der Waals surface area contributed by atoms with Gasteiger partial charge in [0.2, 0.25) is 0 Å². The van der Waals surface area contributed by atoms with Gasteiger partial charge in [0.05, 0.1) is 10.7 Å². The van der Waals surface area contributed by atoms with Crippen LogP contribution in [0.3, 0.4) is 0 Å². The molecule has 0 spiro atoms. The van der Waals surface area contributed by atoms with Crippen LogP contribution in [0, 0.1) is 6.92 Å². The van der Waals surface area contributed by atoms with Crippen molar-refractivity contribution in [2.75, 3.05) is 6.54 Å². The van der Waals surface area contributed by atoms with Gasteiger partial charge in [0, 0.05) is 34.7 Å². The van der Waals surface area contributed by atoms with E-state index in [-0.39, 0.29) is 11.3 Å². The van der Waals surface area contributed by atoms with Gasteiger partial charge in [-0.1, -0.05) is 39.0 Å². The van der Waals surface area contributed by atoms with E-state index in [9.17, 15) is 4.79 Å². The van der Waals surface area contributed by atoms with Crippen LogP contribution in [-0.2, 0) is 11.8 Å². The summed E-state index contributed by atoms with van der Waals surface area (Å²) in [5.41, 5.74) is 2.79. The molecule has 4 nitrogen and oxygen atoms in total. The van der Waals surface area contributed by atoms with Crippen molar-refractivity contribution in [3.63, 3.8) is 0 Å². The maximum atomic E-state index is 12.4. The Labute approximate surface area is 145 Å². The zero-order valence-corrected chi connectivity index (χ0v) is 15.3. The third kappa shape index (κ3) is 3.36. The molecule has 1 amide bonds. The largest absolute Gasteiger partial charge is 0.451 e. The van der Waals surface area contributed by atoms with Crippen molar-refractivity contribution < 1.29 is 9.21 Å². The first-order valence-electron chi connectivity index (χ1n) is 8.07. The van der Waals surface area contributed by atoms with Crippen molar-refractivity contribution in [1.82, 2.24) is 10.3 Å². The normalized spacial score (nSPS) is 11.8. The molecule has 126 valence electrons. The number of nitrogens with zero attached hydrogens (tertiary/aromatic N) is 1. The van der Waals surface area contributed by atoms with Crippen LogP contribution in [0.2, 0.25) is 0 Å². The van der Waals surface area contributed by atoms with E-state index in [0.29, 0.717) is 12.3 Å². The van der Waals surface area contributed by atoms with E-state index in [2.05, 4.69) is 36.5 Å². The molecular formula is C19H22N2O2S. The predicted octanol–water partition coefficient (Wildman–Crippen LogP) is 4.47. The van der Waals surface area contributed by atoms with Crippen molar-refractivity contribution in [3.05, 3.63) is 51.7 Å². The molecule has 0 unspecified atom stereocenters. The number of amides is 1. The molecule has 0 aliphatic rings. The summed E-state index contributed by atoms with van der Waals surface area (Å²) in [4.78, 5) is 17.0. The summed E-state index contributed by atoms with van der Waals surface area (Å²) in [6, 6.07) is 7.70. The minimum absolute atomic E-state index is 0.0589. The van der Waals surface area contributed by atoms with Crippen molar-refractivity contribution in [3.8, 4) is 0 Å². The van der Waals surface area contributed by atoms with E-state index in [1.54, 1.807) is 11.3 Å². The highest BCUT2D eigenvalue weighted by molar-refractivity contribution is 7.09. The van der Waals surface area contributed by atoms with Crippen LogP contribution in [-0.4, -0.2) is 17.4 Å². The Balaban J connectivity index is 1.63. The lowest BCUT2D eigenvalue weighted by molar-refractivity contribution is 0.0928. The maximum absolute atomic E-state index is 12.4. The minimum atomic E-state index is -0.170. The molecule has 0 bridgehead atoms. The van der Waals surface area contributed by atoms with Gasteiger partial charge in [-0.25, -0.2) is 4.98 Å². The highest BCUT2D eigenvalue weighted by Crippen LogP contribution is 2.25. The van der Waals surface area contributed by atoms with Crippen LogP contribution in [0.25, 0.3) is 11.0 Å². The summed E-state index contributed by atoms with van der Waals surface area (Å²) in [5, 5.41) is 7.06. The molecule has 0 saturated heterocycles. The zero-order chi connectivity index (χ0) is 17.3. The van der Waals surface area contributed by atoms with Gasteiger partial charge in [0.15, 0.2) is 5.76 Å². The number of carbonyl (C=O) groups is 1. The first-order valence-corrected chi connectivity index (χ1v) is 8.95. The number of aryl methyl sites for hydroxylation is 1. The van der Waals surface area contributed by atoms with Gasteiger partial charge in [-0.15, -0.1) is 11.3 Å². The number of nitrogens with one attached hydrogen (secondary N) is 1. The molecule has 24 heavy (non-hydrogen) atoms. The maximum Gasteiger partial charge on any atom is 0.287 e. The summed E-state index contributed by atoms with van der Waals surface area (Å²) >= 11 is 1.65. The number of aromatic nitrogens is 1. The Hall–Kier alpha value is -2.14. The summed E-state index contributed by atoms with van der Waals surface area (Å²) in [6.45, 7) is 8.91. The lowest BCUT2D eigenvalue weighted by Gasteiger charge is -2.14. The van der Waals surface area contributed by atoms with Crippen molar-refractivity contribution >= 4 is 28.2 Å². The van der Waals surface area contributed by atoms with Gasteiger partial charge in [-0.05, 0) is 13.0 Å². The number of rotatable bonds is 4. The predicted molar refractivity (Wildman–Crippen MR) is 97.8 cm³/mol. The van der Waals surface area contributed by atoms with Gasteiger partial charge < -0.3 is 9.73 Å². The van der Waals surface area contributed by atoms with Gasteiger partial charge in [-0.2, -0.15) is 0 Å². The molecule has 1 N–H and O–H groups in total. The van der Waals surface area contributed by atoms with Crippen LogP contribution >= 0.6 is 11.3 Å². The standard InChI is InChI=1S/C19H22N2O2S/c1-12-13-7-5-6-8-14(13)23-17(12)18(22)20-10-9-16-21-15(11-24-16)19(2,3)4/h5-8,11H,9-10H2,1-4H3,(H,20,22). The number of hydrogen-bond acceptors (Lipinski definition) is 4. The molecule has 0 fully saturated rings. The highest BCUT2D eigenvalue weighted by Gasteiger charge is 2.19. The van der Waals surface area contributed by atoms with Crippen LogP contribution in [0.15, 0.2) is 34.1 Å². The molecule has 5 heteroatoms. The average Bonchev–Trinajstić information content (AvgIpc) is 3.13. The van der Waals surface area contributed by atoms with E-state index >= 15 is 0 Å². The average molecular weight is 342 g/mol. The Morgan fingerprint density at radius 3 is 2.71 bits per heavy atom. The molecule has 0 aliphatic carbocycles. The second-order valence-electron chi connectivity index (χ2n) is 6.93. The molecule has 0 saturated carbocycles. The van der Waals surface area contributed by atoms with E-state index in [4.69, 9.17) is 4.42 Å². The van der Waals surface area contributed by atoms with E-state index < -0.39 is 0 Å². The first-order chi connectivity index (χ1) is 11.4. The van der Waals surface area contributed by atoms with Crippen LogP contribution < -0.4 is 5.32 Å². The molecule has 0 aliphatic heterocycles. The lowest BCUT2D eigenvalue weighted by Crippen LogP contribution is -2.25. The fourth-order valence-electron chi connectivity index (χ4n) is 2.52. The van der Waals surface area contributed by atoms with Gasteiger partial charge >= 0.3 is 0 Å². The number of para-hydroxylation sites is 1. The third-order valence-corrected chi connectivity index (χ3v) is 4.90. The second kappa shape index (κ2) is 6.40. The molecule has 1 aromatic carbocycles. The zero-order valence-electron chi connectivity index (χ0n) is 14.5. The number of thiazole rings is 1. The van der Waals surface area contributed by atoms with E-state index in [1.807, 2.05) is 31.2 Å². The van der Waals surface area contributed by atoms with Crippen molar-refractivity contribution in [2.24, 2.45) is 0 Å². The Kier molecular flexibility index (Phi) is 4.45. The van der Waals surface area contributed by atoms with E-state index in [1.165, 1.54) is 0 Å². The molecule has 2 heterocycles. The van der Waals surface area contributed by atoms with Crippen LogP contribution in [0.4, 0.5) is 0 Å². The fraction of sp³-hybridized carbons (Fsp3) is 0.368. The number of carbonyl (C=O) groups excluding carboxylic acids is 1. The van der Waals surface area contributed by atoms with Gasteiger partial charge in [-0.3, -0.25) is 4.79 Å². The van der Waals surface area contributed by atoms with Gasteiger partial charge in [0.25, 0.3) is 5.91 Å². The molecule has 0 radical (unpaired) electrons. The summed E-state index contributed by atoms with van der Waals surface area (Å²) in [5.74, 6) is 0.224. The molecule has 2 aromatic heterocycles. The highest BCUT2D eigenvalue weighted by atomic mass is 32.1. The first kappa shape index (κ1) is 16.7. The quantitative estimate of drug-likeness (QED) is 0.761. The molecule has 3 aromatic rings. The monoisotopic (exact) mass is 342 g/mol. The van der Waals surface area contributed by atoms with Crippen LogP contribution in [0.1, 0.15) is 47.6 Å². The number of furan rings is 1. The number of benzene rings is 1. The Bertz CT molecular complexity index is 871. The third-order valence-electron chi connectivity index (χ3n) is 3.99.